The van der Waals surface area contributed by atoms with Gasteiger partial charge in [-0.15, -0.1) is 0 Å². The molecule has 0 N–H and O–H groups in total. The van der Waals surface area contributed by atoms with Crippen LogP contribution in [0.4, 0.5) is 10.1 Å². The molecule has 0 amide bonds. The van der Waals surface area contributed by atoms with E-state index in [2.05, 4.69) is 0 Å². The smallest absolute Gasteiger partial charge is 0.355 e. The van der Waals surface area contributed by atoms with E-state index in [9.17, 15) is 14.0 Å². The van der Waals surface area contributed by atoms with Gasteiger partial charge >= 0.3 is 11.9 Å². The minimum absolute atomic E-state index is 0.0304. The lowest BCUT2D eigenvalue weighted by molar-refractivity contribution is -0.139. The summed E-state index contributed by atoms with van der Waals surface area (Å²) in [6, 6.07) is 13.1. The van der Waals surface area contributed by atoms with Crippen LogP contribution in [0.1, 0.15) is 5.56 Å². The van der Waals surface area contributed by atoms with Gasteiger partial charge in [0.1, 0.15) is 23.9 Å². The molecule has 2 aromatic carbocycles. The second kappa shape index (κ2) is 9.56. The predicted octanol–water partition coefficient (Wildman–Crippen LogP) is 3.89. The van der Waals surface area contributed by atoms with E-state index < -0.39 is 11.9 Å². The molecule has 0 saturated heterocycles. The average Bonchev–Trinajstić information content (AvgIpc) is 3.00. The zero-order valence-corrected chi connectivity index (χ0v) is 16.5. The second-order valence-electron chi connectivity index (χ2n) is 6.23. The van der Waals surface area contributed by atoms with Crippen LogP contribution >= 0.6 is 0 Å². The lowest BCUT2D eigenvalue weighted by Gasteiger charge is -2.23. The van der Waals surface area contributed by atoms with Gasteiger partial charge in [-0.3, -0.25) is 0 Å². The summed E-state index contributed by atoms with van der Waals surface area (Å²) < 4.78 is 28.6. The first kappa shape index (κ1) is 20.9. The molecular weight excluding hydrogens is 389 g/mol. The molecule has 0 aromatic heterocycles. The normalized spacial score (nSPS) is 13.1. The molecule has 0 aliphatic carbocycles. The monoisotopic (exact) mass is 409 g/mol. The fourth-order valence-corrected chi connectivity index (χ4v) is 2.86. The molecule has 154 valence electrons. The van der Waals surface area contributed by atoms with Crippen LogP contribution in [-0.4, -0.2) is 26.2 Å². The van der Waals surface area contributed by atoms with Crippen molar-refractivity contribution < 1.29 is 28.2 Å². The number of anilines is 1. The predicted molar refractivity (Wildman–Crippen MR) is 109 cm³/mol. The Labute approximate surface area is 173 Å². The first-order valence-electron chi connectivity index (χ1n) is 9.06. The number of hydrogen-bond donors (Lipinski definition) is 0. The molecule has 0 atom stereocenters. The number of methoxy groups -OCH3 is 2. The average molecular weight is 409 g/mol. The Bertz CT molecular complexity index is 1020. The number of carbonyl (C=O) groups excluding carboxylic acids is 2. The molecule has 0 radical (unpaired) electrons. The topological polar surface area (TPSA) is 65.1 Å². The third-order valence-electron chi connectivity index (χ3n) is 4.30. The van der Waals surface area contributed by atoms with Gasteiger partial charge in [0.2, 0.25) is 0 Å². The highest BCUT2D eigenvalue weighted by atomic mass is 19.1. The van der Waals surface area contributed by atoms with Crippen molar-refractivity contribution in [2.75, 3.05) is 19.1 Å². The summed E-state index contributed by atoms with van der Waals surface area (Å²) >= 11 is 0. The maximum atomic E-state index is 13.3. The molecule has 1 heterocycles. The van der Waals surface area contributed by atoms with E-state index in [-0.39, 0.29) is 23.7 Å². The minimum Gasteiger partial charge on any atom is -0.489 e. The molecule has 2 aromatic rings. The molecule has 0 saturated carbocycles. The van der Waals surface area contributed by atoms with E-state index in [0.29, 0.717) is 17.0 Å². The first-order chi connectivity index (χ1) is 14.5. The molecular formula is C23H20FNO5. The summed E-state index contributed by atoms with van der Waals surface area (Å²) in [5.74, 6) is -1.10. The summed E-state index contributed by atoms with van der Waals surface area (Å²) in [7, 11) is 2.48. The zero-order valence-electron chi connectivity index (χ0n) is 16.5. The van der Waals surface area contributed by atoms with Crippen LogP contribution in [-0.2, 0) is 25.7 Å². The largest absolute Gasteiger partial charge is 0.489 e. The number of benzene rings is 2. The molecule has 6 nitrogen and oxygen atoms in total. The van der Waals surface area contributed by atoms with Gasteiger partial charge in [-0.2, -0.15) is 0 Å². The Kier molecular flexibility index (Phi) is 6.64. The van der Waals surface area contributed by atoms with Gasteiger partial charge in [0, 0.05) is 11.9 Å². The molecule has 1 aliphatic heterocycles. The van der Waals surface area contributed by atoms with Crippen molar-refractivity contribution in [3.63, 3.8) is 0 Å². The molecule has 0 spiro atoms. The van der Waals surface area contributed by atoms with Crippen LogP contribution in [0.15, 0.2) is 84.2 Å². The van der Waals surface area contributed by atoms with E-state index in [1.54, 1.807) is 54.8 Å². The number of hydrogen-bond acceptors (Lipinski definition) is 6. The number of ether oxygens (including phenoxy) is 3. The zero-order chi connectivity index (χ0) is 21.5. The van der Waals surface area contributed by atoms with Crippen molar-refractivity contribution in [1.29, 1.82) is 0 Å². The lowest BCUT2D eigenvalue weighted by Crippen LogP contribution is -2.26. The molecule has 3 rings (SSSR count). The van der Waals surface area contributed by atoms with E-state index in [1.807, 2.05) is 0 Å². The van der Waals surface area contributed by atoms with E-state index in [4.69, 9.17) is 14.2 Å². The van der Waals surface area contributed by atoms with E-state index >= 15 is 0 Å². The number of esters is 2. The van der Waals surface area contributed by atoms with Crippen molar-refractivity contribution in [2.45, 2.75) is 6.61 Å². The molecule has 30 heavy (non-hydrogen) atoms. The van der Waals surface area contributed by atoms with Gasteiger partial charge in [0.15, 0.2) is 0 Å². The summed E-state index contributed by atoms with van der Waals surface area (Å²) in [5.41, 5.74) is 1.41. The molecule has 0 unspecified atom stereocenters. The summed E-state index contributed by atoms with van der Waals surface area (Å²) in [4.78, 5) is 26.2. The van der Waals surface area contributed by atoms with E-state index in [0.717, 1.165) is 0 Å². The van der Waals surface area contributed by atoms with Crippen LogP contribution < -0.4 is 9.64 Å². The van der Waals surface area contributed by atoms with Gasteiger partial charge < -0.3 is 19.1 Å². The number of halogens is 1. The van der Waals surface area contributed by atoms with Crippen LogP contribution in [0.2, 0.25) is 0 Å². The SMILES string of the molecule is COC(=O)C1=C(C(=O)OC)N(c2ccc(OCc3cccc(F)c3)cc2)C=CC=C1. The number of nitrogens with zero attached hydrogens (tertiary/aromatic N) is 1. The van der Waals surface area contributed by atoms with Crippen LogP contribution in [0.3, 0.4) is 0 Å². The van der Waals surface area contributed by atoms with Gasteiger partial charge in [-0.25, -0.2) is 14.0 Å². The van der Waals surface area contributed by atoms with Gasteiger partial charge in [0.05, 0.1) is 19.8 Å². The summed E-state index contributed by atoms with van der Waals surface area (Å²) in [6.45, 7) is 0.213. The molecule has 1 aliphatic rings. The number of rotatable bonds is 6. The third-order valence-corrected chi connectivity index (χ3v) is 4.30. The number of carbonyl (C=O) groups is 2. The standard InChI is InChI=1S/C23H20FNO5/c1-28-22(26)20-8-3-4-13-25(21(20)23(27)29-2)18-9-11-19(12-10-18)30-15-16-6-5-7-17(24)14-16/h3-14H,15H2,1-2H3. The molecule has 0 bridgehead atoms. The highest BCUT2D eigenvalue weighted by Gasteiger charge is 2.27. The van der Waals surface area contributed by atoms with Crippen molar-refractivity contribution in [3.8, 4) is 5.75 Å². The number of allylic oxidation sites excluding steroid dienone is 2. The third kappa shape index (κ3) is 4.75. The maximum absolute atomic E-state index is 13.3. The van der Waals surface area contributed by atoms with Crippen molar-refractivity contribution in [3.05, 3.63) is 95.6 Å². The first-order valence-corrected chi connectivity index (χ1v) is 9.06. The van der Waals surface area contributed by atoms with Gasteiger partial charge in [0.25, 0.3) is 0 Å². The summed E-state index contributed by atoms with van der Waals surface area (Å²) in [6.07, 6.45) is 6.45. The Morgan fingerprint density at radius 2 is 1.70 bits per heavy atom. The fraction of sp³-hybridized carbons (Fsp3) is 0.130. The highest BCUT2D eigenvalue weighted by Crippen LogP contribution is 2.28. The Morgan fingerprint density at radius 1 is 0.967 bits per heavy atom. The van der Waals surface area contributed by atoms with E-state index in [1.165, 1.54) is 37.3 Å². The summed E-state index contributed by atoms with van der Waals surface area (Å²) in [5, 5.41) is 0. The van der Waals surface area contributed by atoms with Crippen molar-refractivity contribution >= 4 is 17.6 Å². The van der Waals surface area contributed by atoms with Crippen molar-refractivity contribution in [2.24, 2.45) is 0 Å². The second-order valence-corrected chi connectivity index (χ2v) is 6.23. The van der Waals surface area contributed by atoms with Crippen molar-refractivity contribution in [1.82, 2.24) is 0 Å². The van der Waals surface area contributed by atoms with Crippen LogP contribution in [0, 0.1) is 5.82 Å². The van der Waals surface area contributed by atoms with Crippen LogP contribution in [0.25, 0.3) is 0 Å². The maximum Gasteiger partial charge on any atom is 0.355 e. The highest BCUT2D eigenvalue weighted by molar-refractivity contribution is 6.05. The molecule has 7 heteroatoms. The Balaban J connectivity index is 1.86. The van der Waals surface area contributed by atoms with Crippen LogP contribution in [0.5, 0.6) is 5.75 Å². The lowest BCUT2D eigenvalue weighted by atomic mass is 10.1. The van der Waals surface area contributed by atoms with Gasteiger partial charge in [-0.1, -0.05) is 18.2 Å². The van der Waals surface area contributed by atoms with Gasteiger partial charge in [-0.05, 0) is 54.1 Å². The fourth-order valence-electron chi connectivity index (χ4n) is 2.86. The Morgan fingerprint density at radius 3 is 2.37 bits per heavy atom. The quantitative estimate of drug-likeness (QED) is 0.675. The molecule has 0 fully saturated rings. The minimum atomic E-state index is -0.682. The Hall–Kier alpha value is -3.87.